The number of amides is 1. The van der Waals surface area contributed by atoms with Crippen LogP contribution >= 0.6 is 23.4 Å². The topological polar surface area (TPSA) is 53.5 Å². The maximum absolute atomic E-state index is 12.4. The predicted octanol–water partition coefficient (Wildman–Crippen LogP) is 3.70. The van der Waals surface area contributed by atoms with Gasteiger partial charge in [-0.15, -0.1) is 0 Å². The van der Waals surface area contributed by atoms with Gasteiger partial charge in [0.1, 0.15) is 4.75 Å². The highest BCUT2D eigenvalue weighted by atomic mass is 35.5. The van der Waals surface area contributed by atoms with Crippen LogP contribution in [0.4, 0.5) is 11.4 Å². The molecule has 1 atom stereocenters. The van der Waals surface area contributed by atoms with E-state index in [1.807, 2.05) is 48.5 Å². The molecule has 2 heterocycles. The molecule has 110 valence electrons. The summed E-state index contributed by atoms with van der Waals surface area (Å²) in [6.07, 6.45) is 0. The molecule has 0 fully saturated rings. The van der Waals surface area contributed by atoms with Crippen molar-refractivity contribution in [3.63, 3.8) is 0 Å². The maximum atomic E-state index is 12.4. The highest BCUT2D eigenvalue weighted by Crippen LogP contribution is 2.49. The molecule has 0 saturated carbocycles. The van der Waals surface area contributed by atoms with Gasteiger partial charge in [-0.05, 0) is 30.3 Å². The van der Waals surface area contributed by atoms with Crippen LogP contribution < -0.4 is 10.6 Å². The van der Waals surface area contributed by atoms with E-state index < -0.39 is 4.75 Å². The van der Waals surface area contributed by atoms with Gasteiger partial charge in [0.15, 0.2) is 5.17 Å². The summed E-state index contributed by atoms with van der Waals surface area (Å²) in [6, 6.07) is 15.2. The molecule has 4 rings (SSSR count). The lowest BCUT2D eigenvalue weighted by molar-refractivity contribution is -0.117. The van der Waals surface area contributed by atoms with Crippen LogP contribution in [0.1, 0.15) is 5.56 Å². The standard InChI is InChI=1S/C16H12ClN3OS/c17-10-5-7-11(8-6-10)19-15-18-9-16(22-15)12-3-1-2-4-13(12)20-14(16)21/h1-8H,9H2,(H,18,19)(H,20,21)/t16-/m1/s1. The van der Waals surface area contributed by atoms with E-state index in [0.29, 0.717) is 11.6 Å². The van der Waals surface area contributed by atoms with E-state index in [9.17, 15) is 4.79 Å². The number of nitrogens with zero attached hydrogens (tertiary/aromatic N) is 1. The van der Waals surface area contributed by atoms with Crippen molar-refractivity contribution in [2.24, 2.45) is 4.99 Å². The smallest absolute Gasteiger partial charge is 0.247 e. The lowest BCUT2D eigenvalue weighted by Crippen LogP contribution is -2.32. The average Bonchev–Trinajstić information content (AvgIpc) is 3.06. The maximum Gasteiger partial charge on any atom is 0.247 e. The minimum absolute atomic E-state index is 0.00430. The Morgan fingerprint density at radius 2 is 1.95 bits per heavy atom. The Kier molecular flexibility index (Phi) is 3.13. The predicted molar refractivity (Wildman–Crippen MR) is 91.7 cm³/mol. The van der Waals surface area contributed by atoms with Crippen LogP contribution in [0, 0.1) is 0 Å². The third-order valence-electron chi connectivity index (χ3n) is 3.79. The SMILES string of the molecule is O=C1Nc2ccccc2[C@]12CN=C(Nc1ccc(Cl)cc1)S2. The van der Waals surface area contributed by atoms with Crippen LogP contribution in [0.25, 0.3) is 0 Å². The quantitative estimate of drug-likeness (QED) is 0.838. The Morgan fingerprint density at radius 3 is 2.77 bits per heavy atom. The number of para-hydroxylation sites is 1. The Labute approximate surface area is 137 Å². The van der Waals surface area contributed by atoms with Crippen molar-refractivity contribution in [1.29, 1.82) is 0 Å². The summed E-state index contributed by atoms with van der Waals surface area (Å²) in [5.74, 6) is -0.00430. The minimum Gasteiger partial charge on any atom is -0.335 e. The van der Waals surface area contributed by atoms with Crippen molar-refractivity contribution in [2.45, 2.75) is 4.75 Å². The van der Waals surface area contributed by atoms with Crippen molar-refractivity contribution in [1.82, 2.24) is 0 Å². The molecule has 22 heavy (non-hydrogen) atoms. The Balaban J connectivity index is 1.59. The summed E-state index contributed by atoms with van der Waals surface area (Å²) < 4.78 is -0.647. The van der Waals surface area contributed by atoms with Gasteiger partial charge in [0.05, 0.1) is 6.54 Å². The number of thioether (sulfide) groups is 1. The van der Waals surface area contributed by atoms with Gasteiger partial charge in [0, 0.05) is 22.0 Å². The highest BCUT2D eigenvalue weighted by Gasteiger charge is 2.51. The fourth-order valence-electron chi connectivity index (χ4n) is 2.68. The van der Waals surface area contributed by atoms with Gasteiger partial charge in [-0.3, -0.25) is 9.79 Å². The van der Waals surface area contributed by atoms with Crippen molar-refractivity contribution in [3.05, 3.63) is 59.1 Å². The number of anilines is 2. The molecular formula is C16H12ClN3OS. The third-order valence-corrected chi connectivity index (χ3v) is 5.35. The number of fused-ring (bicyclic) bond motifs is 2. The van der Waals surface area contributed by atoms with Crippen LogP contribution in [0.5, 0.6) is 0 Å². The first kappa shape index (κ1) is 13.7. The van der Waals surface area contributed by atoms with E-state index in [2.05, 4.69) is 15.6 Å². The van der Waals surface area contributed by atoms with Crippen LogP contribution in [-0.2, 0) is 9.54 Å². The van der Waals surface area contributed by atoms with Crippen LogP contribution in [0.3, 0.4) is 0 Å². The monoisotopic (exact) mass is 329 g/mol. The summed E-state index contributed by atoms with van der Waals surface area (Å²) in [4.78, 5) is 17.0. The van der Waals surface area contributed by atoms with E-state index in [1.165, 1.54) is 11.8 Å². The number of aliphatic imine (C=N–C) groups is 1. The molecule has 1 spiro atoms. The number of hydrogen-bond donors (Lipinski definition) is 2. The molecule has 0 radical (unpaired) electrons. The largest absolute Gasteiger partial charge is 0.335 e. The molecule has 6 heteroatoms. The number of halogens is 1. The van der Waals surface area contributed by atoms with Gasteiger partial charge in [-0.25, -0.2) is 0 Å². The number of nitrogens with one attached hydrogen (secondary N) is 2. The van der Waals surface area contributed by atoms with Gasteiger partial charge in [-0.2, -0.15) is 0 Å². The molecule has 0 unspecified atom stereocenters. The number of hydrogen-bond acceptors (Lipinski definition) is 4. The Morgan fingerprint density at radius 1 is 1.18 bits per heavy atom. The third kappa shape index (κ3) is 2.09. The van der Waals surface area contributed by atoms with E-state index in [4.69, 9.17) is 11.6 Å². The second kappa shape index (κ2) is 5.04. The van der Waals surface area contributed by atoms with E-state index >= 15 is 0 Å². The van der Waals surface area contributed by atoms with E-state index in [-0.39, 0.29) is 5.91 Å². The van der Waals surface area contributed by atoms with Gasteiger partial charge >= 0.3 is 0 Å². The van der Waals surface area contributed by atoms with Crippen LogP contribution in [0.15, 0.2) is 53.5 Å². The summed E-state index contributed by atoms with van der Waals surface area (Å²) in [5, 5.41) is 7.62. The number of carbonyl (C=O) groups is 1. The Bertz CT molecular complexity index is 790. The molecule has 2 aliphatic rings. The fourth-order valence-corrected chi connectivity index (χ4v) is 4.00. The molecule has 0 aliphatic carbocycles. The summed E-state index contributed by atoms with van der Waals surface area (Å²) in [6.45, 7) is 0.441. The molecule has 2 aliphatic heterocycles. The molecule has 0 bridgehead atoms. The number of carbonyl (C=O) groups excluding carboxylic acids is 1. The van der Waals surface area contributed by atoms with Crippen molar-refractivity contribution in [2.75, 3.05) is 17.2 Å². The summed E-state index contributed by atoms with van der Waals surface area (Å²) >= 11 is 7.35. The van der Waals surface area contributed by atoms with Gasteiger partial charge in [0.2, 0.25) is 5.91 Å². The van der Waals surface area contributed by atoms with E-state index in [1.54, 1.807) is 0 Å². The first-order valence-electron chi connectivity index (χ1n) is 6.84. The lowest BCUT2D eigenvalue weighted by atomic mass is 10.00. The number of rotatable bonds is 1. The second-order valence-electron chi connectivity index (χ2n) is 5.18. The lowest BCUT2D eigenvalue weighted by Gasteiger charge is -2.19. The number of benzene rings is 2. The average molecular weight is 330 g/mol. The van der Waals surface area contributed by atoms with Crippen LogP contribution in [0.2, 0.25) is 5.02 Å². The van der Waals surface area contributed by atoms with Gasteiger partial charge in [0.25, 0.3) is 0 Å². The zero-order valence-electron chi connectivity index (χ0n) is 11.5. The minimum atomic E-state index is -0.647. The second-order valence-corrected chi connectivity index (χ2v) is 6.91. The van der Waals surface area contributed by atoms with Gasteiger partial charge in [-0.1, -0.05) is 41.6 Å². The van der Waals surface area contributed by atoms with E-state index in [0.717, 1.165) is 22.1 Å². The fraction of sp³-hybridized carbons (Fsp3) is 0.125. The molecule has 0 aromatic heterocycles. The van der Waals surface area contributed by atoms with Crippen molar-refractivity contribution >= 4 is 45.8 Å². The highest BCUT2D eigenvalue weighted by molar-refractivity contribution is 8.15. The molecule has 2 aromatic rings. The molecule has 2 aromatic carbocycles. The van der Waals surface area contributed by atoms with Crippen LogP contribution in [-0.4, -0.2) is 17.6 Å². The molecule has 2 N–H and O–H groups in total. The normalized spacial score (nSPS) is 22.4. The molecule has 1 amide bonds. The summed E-state index contributed by atoms with van der Waals surface area (Å²) in [7, 11) is 0. The first-order valence-corrected chi connectivity index (χ1v) is 8.04. The molecule has 4 nitrogen and oxygen atoms in total. The Hall–Kier alpha value is -1.98. The van der Waals surface area contributed by atoms with Crippen molar-refractivity contribution < 1.29 is 4.79 Å². The zero-order chi connectivity index (χ0) is 15.2. The molecular weight excluding hydrogens is 318 g/mol. The summed E-state index contributed by atoms with van der Waals surface area (Å²) in [5.41, 5.74) is 2.78. The molecule has 0 saturated heterocycles. The first-order chi connectivity index (χ1) is 10.7. The van der Waals surface area contributed by atoms with Gasteiger partial charge < -0.3 is 10.6 Å². The van der Waals surface area contributed by atoms with Crippen molar-refractivity contribution in [3.8, 4) is 0 Å². The zero-order valence-corrected chi connectivity index (χ0v) is 13.0. The number of amidine groups is 1.